The molecule has 0 rings (SSSR count). The Hall–Kier alpha value is 0.0200. The average molecular weight is 104 g/mol. The van der Waals surface area contributed by atoms with Gasteiger partial charge in [-0.05, 0) is 12.2 Å². The molecule has 0 saturated heterocycles. The molecular weight excluding hydrogens is 94.1 g/mol. The van der Waals surface area contributed by atoms with Crippen LogP contribution in [0.3, 0.4) is 0 Å². The molecule has 0 bridgehead atoms. The maximum atomic E-state index is 5.06. The Balaban J connectivity index is 2.49. The zero-order chi connectivity index (χ0) is 4.83. The van der Waals surface area contributed by atoms with Gasteiger partial charge in [0.25, 0.3) is 0 Å². The van der Waals surface area contributed by atoms with E-state index in [0.717, 1.165) is 18.6 Å². The summed E-state index contributed by atoms with van der Waals surface area (Å²) in [4.78, 5) is 0. The second-order valence-electron chi connectivity index (χ2n) is 1.10. The lowest BCUT2D eigenvalue weighted by Crippen LogP contribution is -2.29. The molecule has 0 atom stereocenters. The van der Waals surface area contributed by atoms with E-state index in [1.807, 2.05) is 0 Å². The third-order valence-electron chi connectivity index (χ3n) is 0.529. The highest BCUT2D eigenvalue weighted by atomic mass is 32.1. The number of unbranched alkanes of at least 4 members (excludes halogenated alkanes) is 1. The molecule has 6 heavy (non-hydrogen) atoms. The van der Waals surface area contributed by atoms with Gasteiger partial charge in [-0.25, -0.2) is 0 Å². The van der Waals surface area contributed by atoms with Gasteiger partial charge in [-0.2, -0.15) is 12.6 Å². The molecule has 0 saturated carbocycles. The van der Waals surface area contributed by atoms with Crippen molar-refractivity contribution in [3.63, 3.8) is 0 Å². The van der Waals surface area contributed by atoms with Crippen LogP contribution >= 0.6 is 12.6 Å². The molecule has 0 spiro atoms. The fourth-order valence-corrected chi connectivity index (χ4v) is 0.392. The third kappa shape index (κ3) is 4.02. The fourth-order valence-electron chi connectivity index (χ4n) is 0.209. The van der Waals surface area contributed by atoms with Gasteiger partial charge in [-0.3, -0.25) is 5.41 Å². The predicted molar refractivity (Wildman–Crippen MR) is 31.1 cm³/mol. The first-order valence-corrected chi connectivity index (χ1v) is 2.69. The molecule has 0 unspecified atom stereocenters. The van der Waals surface area contributed by atoms with Gasteiger partial charge in [-0.15, -0.1) is 0 Å². The van der Waals surface area contributed by atoms with Gasteiger partial charge >= 0.3 is 0 Å². The molecule has 2 heteroatoms. The van der Waals surface area contributed by atoms with Crippen molar-refractivity contribution in [3.05, 3.63) is 0 Å². The highest BCUT2D eigenvalue weighted by molar-refractivity contribution is 7.80. The molecule has 36 valence electrons. The van der Waals surface area contributed by atoms with E-state index in [-0.39, 0.29) is 0 Å². The molecule has 0 aliphatic rings. The van der Waals surface area contributed by atoms with E-state index >= 15 is 0 Å². The minimum atomic E-state index is 0.938. The normalized spacial score (nSPS) is 8.17. The molecule has 0 aromatic heterocycles. The van der Waals surface area contributed by atoms with Gasteiger partial charge in [0.05, 0.1) is 0 Å². The summed E-state index contributed by atoms with van der Waals surface area (Å²) < 4.78 is 0. The van der Waals surface area contributed by atoms with Gasteiger partial charge in [0.1, 0.15) is 6.21 Å². The van der Waals surface area contributed by atoms with E-state index in [2.05, 4.69) is 12.6 Å². The van der Waals surface area contributed by atoms with Crippen LogP contribution in [-0.2, 0) is 0 Å². The first-order chi connectivity index (χ1) is 2.91. The summed E-state index contributed by atoms with van der Waals surface area (Å²) in [7, 11) is 0. The molecule has 0 aliphatic heterocycles. The number of nitrogens with two attached hydrogens (primary N) is 1. The number of thiol groups is 1. The molecule has 0 fully saturated rings. The van der Waals surface area contributed by atoms with Crippen LogP contribution in [0.15, 0.2) is 0 Å². The van der Waals surface area contributed by atoms with Gasteiger partial charge < -0.3 is 0 Å². The van der Waals surface area contributed by atoms with E-state index in [9.17, 15) is 0 Å². The summed E-state index contributed by atoms with van der Waals surface area (Å²) in [6, 6.07) is 0. The number of hydrogen-bond donors (Lipinski definition) is 2. The zero-order valence-electron chi connectivity index (χ0n) is 3.72. The molecular formula is C4H10NS+. The standard InChI is InChI=1S/C4H9NS/c5-3-1-2-4-6/h3,5-6H,1-2,4H2/p+1. The molecule has 0 aromatic carbocycles. The van der Waals surface area contributed by atoms with E-state index in [0.29, 0.717) is 0 Å². The third-order valence-corrected chi connectivity index (χ3v) is 0.845. The summed E-state index contributed by atoms with van der Waals surface area (Å²) in [5.74, 6) is 0.938. The van der Waals surface area contributed by atoms with Crippen LogP contribution in [0.25, 0.3) is 0 Å². The van der Waals surface area contributed by atoms with Crippen LogP contribution in [0.2, 0.25) is 0 Å². The summed E-state index contributed by atoms with van der Waals surface area (Å²) in [6.07, 6.45) is 3.75. The lowest BCUT2D eigenvalue weighted by molar-refractivity contribution is -0.107. The Morgan fingerprint density at radius 2 is 2.33 bits per heavy atom. The summed E-state index contributed by atoms with van der Waals surface area (Å²) in [5, 5.41) is 5.06. The quantitative estimate of drug-likeness (QED) is 0.275. The van der Waals surface area contributed by atoms with Crippen molar-refractivity contribution in [1.82, 2.24) is 0 Å². The van der Waals surface area contributed by atoms with Crippen molar-refractivity contribution in [2.75, 3.05) is 5.75 Å². The molecule has 0 radical (unpaired) electrons. The molecule has 0 heterocycles. The Labute approximate surface area is 43.7 Å². The fraction of sp³-hybridized carbons (Fsp3) is 0.750. The van der Waals surface area contributed by atoms with Gasteiger partial charge in [0.15, 0.2) is 0 Å². The van der Waals surface area contributed by atoms with Crippen molar-refractivity contribution >= 4 is 18.8 Å². The predicted octanol–water partition coefficient (Wildman–Crippen LogP) is -0.474. The highest BCUT2D eigenvalue weighted by Crippen LogP contribution is 1.83. The Morgan fingerprint density at radius 1 is 1.67 bits per heavy atom. The van der Waals surface area contributed by atoms with Crippen LogP contribution in [0, 0.1) is 0 Å². The number of rotatable bonds is 3. The molecule has 1 nitrogen and oxygen atoms in total. The largest absolute Gasteiger partial charge is 0.264 e. The Morgan fingerprint density at radius 3 is 2.50 bits per heavy atom. The maximum absolute atomic E-state index is 5.06. The molecule has 0 aromatic rings. The molecule has 0 amide bonds. The Kier molecular flexibility index (Phi) is 5.04. The van der Waals surface area contributed by atoms with Crippen LogP contribution in [0.4, 0.5) is 0 Å². The lowest BCUT2D eigenvalue weighted by Gasteiger charge is -1.77. The molecule has 0 aliphatic carbocycles. The van der Waals surface area contributed by atoms with Crippen molar-refractivity contribution in [2.45, 2.75) is 12.8 Å². The summed E-state index contributed by atoms with van der Waals surface area (Å²) in [6.45, 7) is 0. The minimum Gasteiger partial charge on any atom is -0.264 e. The van der Waals surface area contributed by atoms with Crippen molar-refractivity contribution in [3.8, 4) is 0 Å². The second-order valence-corrected chi connectivity index (χ2v) is 1.55. The molecule has 2 N–H and O–H groups in total. The summed E-state index contributed by atoms with van der Waals surface area (Å²) in [5.41, 5.74) is 0. The van der Waals surface area contributed by atoms with Crippen molar-refractivity contribution in [1.29, 1.82) is 0 Å². The maximum Gasteiger partial charge on any atom is 0.136 e. The van der Waals surface area contributed by atoms with Gasteiger partial charge in [0.2, 0.25) is 0 Å². The van der Waals surface area contributed by atoms with Crippen LogP contribution in [0.1, 0.15) is 12.8 Å². The van der Waals surface area contributed by atoms with Crippen LogP contribution in [-0.4, -0.2) is 12.0 Å². The highest BCUT2D eigenvalue weighted by Gasteiger charge is 1.76. The van der Waals surface area contributed by atoms with Crippen molar-refractivity contribution in [2.24, 2.45) is 0 Å². The first kappa shape index (κ1) is 6.02. The lowest BCUT2D eigenvalue weighted by atomic mass is 10.4. The van der Waals surface area contributed by atoms with E-state index in [4.69, 9.17) is 5.41 Å². The Bertz CT molecular complexity index is 36.5. The second kappa shape index (κ2) is 5.02. The van der Waals surface area contributed by atoms with Gasteiger partial charge in [0, 0.05) is 6.42 Å². The van der Waals surface area contributed by atoms with E-state index in [1.165, 1.54) is 0 Å². The monoisotopic (exact) mass is 104 g/mol. The minimum absolute atomic E-state index is 0.938. The van der Waals surface area contributed by atoms with E-state index in [1.54, 1.807) is 6.21 Å². The van der Waals surface area contributed by atoms with Gasteiger partial charge in [-0.1, -0.05) is 0 Å². The van der Waals surface area contributed by atoms with E-state index < -0.39 is 0 Å². The zero-order valence-corrected chi connectivity index (χ0v) is 4.62. The van der Waals surface area contributed by atoms with Crippen molar-refractivity contribution < 1.29 is 5.41 Å². The average Bonchev–Trinajstić information content (AvgIpc) is 1.61. The first-order valence-electron chi connectivity index (χ1n) is 2.06. The SMILES string of the molecule is [NH2+]=CCCCS. The smallest absolute Gasteiger partial charge is 0.136 e. The number of hydrogen-bond acceptors (Lipinski definition) is 1. The van der Waals surface area contributed by atoms with Crippen LogP contribution in [0.5, 0.6) is 0 Å². The van der Waals surface area contributed by atoms with Crippen LogP contribution < -0.4 is 5.41 Å². The summed E-state index contributed by atoms with van der Waals surface area (Å²) >= 11 is 3.98. The topological polar surface area (TPSA) is 25.6 Å².